The van der Waals surface area contributed by atoms with E-state index in [1.54, 1.807) is 0 Å². The van der Waals surface area contributed by atoms with E-state index in [0.29, 0.717) is 18.8 Å². The van der Waals surface area contributed by atoms with E-state index in [1.807, 2.05) is 0 Å². The Kier molecular flexibility index (Phi) is 3.96. The summed E-state index contributed by atoms with van der Waals surface area (Å²) in [5.41, 5.74) is 4.87. The molecule has 0 aromatic rings. The summed E-state index contributed by atoms with van der Waals surface area (Å²) in [7, 11) is -3.31. The number of amidine groups is 1. The lowest BCUT2D eigenvalue weighted by atomic mass is 9.90. The number of hydrogen-bond donors (Lipinski definition) is 3. The molecule has 2 fully saturated rings. The number of nitrogens with two attached hydrogens (primary N) is 1. The first-order valence-electron chi connectivity index (χ1n) is 6.80. The molecule has 0 unspecified atom stereocenters. The highest BCUT2D eigenvalue weighted by Crippen LogP contribution is 2.32. The van der Waals surface area contributed by atoms with Crippen LogP contribution in [0.1, 0.15) is 51.4 Å². The van der Waals surface area contributed by atoms with Gasteiger partial charge in [-0.25, -0.2) is 13.1 Å². The van der Waals surface area contributed by atoms with Crippen molar-refractivity contribution in [3.63, 3.8) is 0 Å². The second-order valence-electron chi connectivity index (χ2n) is 5.74. The van der Waals surface area contributed by atoms with E-state index in [2.05, 4.69) is 4.72 Å². The predicted molar refractivity (Wildman–Crippen MR) is 72.0 cm³/mol. The lowest BCUT2D eigenvalue weighted by Gasteiger charge is -2.32. The van der Waals surface area contributed by atoms with E-state index >= 15 is 0 Å². The normalized spacial score (nSPS) is 24.4. The summed E-state index contributed by atoms with van der Waals surface area (Å²) in [4.78, 5) is 0. The molecule has 18 heavy (non-hydrogen) atoms. The maximum atomic E-state index is 12.1. The van der Waals surface area contributed by atoms with Crippen LogP contribution in [-0.4, -0.2) is 25.5 Å². The molecule has 0 spiro atoms. The third kappa shape index (κ3) is 3.45. The van der Waals surface area contributed by atoms with E-state index < -0.39 is 15.6 Å². The fraction of sp³-hybridized carbons (Fsp3) is 0.917. The van der Waals surface area contributed by atoms with Crippen LogP contribution in [0.3, 0.4) is 0 Å². The van der Waals surface area contributed by atoms with Crippen LogP contribution in [0.15, 0.2) is 0 Å². The van der Waals surface area contributed by atoms with Crippen LogP contribution in [0.5, 0.6) is 0 Å². The molecule has 0 aromatic carbocycles. The fourth-order valence-electron chi connectivity index (χ4n) is 2.69. The average Bonchev–Trinajstić information content (AvgIpc) is 3.05. The van der Waals surface area contributed by atoms with Gasteiger partial charge in [0.15, 0.2) is 0 Å². The highest BCUT2D eigenvalue weighted by atomic mass is 32.2. The van der Waals surface area contributed by atoms with Crippen LogP contribution in [0.4, 0.5) is 0 Å². The van der Waals surface area contributed by atoms with Crippen molar-refractivity contribution in [2.24, 2.45) is 11.7 Å². The molecule has 104 valence electrons. The third-order valence-electron chi connectivity index (χ3n) is 3.98. The lowest BCUT2D eigenvalue weighted by molar-refractivity contribution is 0.433. The van der Waals surface area contributed by atoms with Crippen LogP contribution in [-0.2, 0) is 10.0 Å². The summed E-state index contributed by atoms with van der Waals surface area (Å²) in [6.07, 6.45) is 7.40. The Hall–Kier alpha value is -0.620. The van der Waals surface area contributed by atoms with Crippen molar-refractivity contribution >= 4 is 15.9 Å². The van der Waals surface area contributed by atoms with E-state index in [-0.39, 0.29) is 11.6 Å². The van der Waals surface area contributed by atoms with Crippen LogP contribution in [0, 0.1) is 11.3 Å². The van der Waals surface area contributed by atoms with Gasteiger partial charge in [0, 0.05) is 0 Å². The van der Waals surface area contributed by atoms with Gasteiger partial charge in [-0.1, -0.05) is 25.7 Å². The van der Waals surface area contributed by atoms with Crippen molar-refractivity contribution < 1.29 is 8.42 Å². The SMILES string of the molecule is N=C(N)C1(NS(=O)(=O)CC2CC2)CCCCCC1. The Balaban J connectivity index is 2.11. The van der Waals surface area contributed by atoms with Gasteiger partial charge in [0.05, 0.1) is 11.3 Å². The van der Waals surface area contributed by atoms with Gasteiger partial charge in [0.25, 0.3) is 0 Å². The molecule has 4 N–H and O–H groups in total. The largest absolute Gasteiger partial charge is 0.386 e. The van der Waals surface area contributed by atoms with Crippen LogP contribution < -0.4 is 10.5 Å². The van der Waals surface area contributed by atoms with Crippen molar-refractivity contribution in [3.05, 3.63) is 0 Å². The molecule has 0 saturated heterocycles. The highest BCUT2D eigenvalue weighted by Gasteiger charge is 2.39. The second kappa shape index (κ2) is 5.17. The molecule has 0 aromatic heterocycles. The monoisotopic (exact) mass is 273 g/mol. The standard InChI is InChI=1S/C12H23N3O2S/c13-11(14)12(7-3-1-2-4-8-12)15-18(16,17)9-10-5-6-10/h10,15H,1-9H2,(H3,13,14). The number of rotatable bonds is 5. The average molecular weight is 273 g/mol. The first-order valence-corrected chi connectivity index (χ1v) is 8.45. The Morgan fingerprint density at radius 1 is 1.22 bits per heavy atom. The molecule has 2 aliphatic rings. The van der Waals surface area contributed by atoms with Crippen LogP contribution in [0.25, 0.3) is 0 Å². The zero-order valence-electron chi connectivity index (χ0n) is 10.7. The Morgan fingerprint density at radius 3 is 2.22 bits per heavy atom. The van der Waals surface area contributed by atoms with Gasteiger partial charge in [0.2, 0.25) is 10.0 Å². The minimum Gasteiger partial charge on any atom is -0.386 e. The molecule has 0 aliphatic heterocycles. The predicted octanol–water partition coefficient (Wildman–Crippen LogP) is 1.34. The fourth-order valence-corrected chi connectivity index (χ4v) is 4.64. The van der Waals surface area contributed by atoms with E-state index in [4.69, 9.17) is 11.1 Å². The van der Waals surface area contributed by atoms with Gasteiger partial charge in [-0.3, -0.25) is 5.41 Å². The lowest BCUT2D eigenvalue weighted by Crippen LogP contribution is -2.57. The highest BCUT2D eigenvalue weighted by molar-refractivity contribution is 7.89. The molecular weight excluding hydrogens is 250 g/mol. The zero-order valence-corrected chi connectivity index (χ0v) is 11.6. The minimum atomic E-state index is -3.31. The first kappa shape index (κ1) is 13.8. The molecule has 0 amide bonds. The van der Waals surface area contributed by atoms with Crippen molar-refractivity contribution in [1.82, 2.24) is 4.72 Å². The maximum Gasteiger partial charge on any atom is 0.212 e. The molecule has 0 atom stereocenters. The smallest absolute Gasteiger partial charge is 0.212 e. The summed E-state index contributed by atoms with van der Waals surface area (Å²) < 4.78 is 27.0. The Labute approximate surface area is 109 Å². The quantitative estimate of drug-likeness (QED) is 0.401. The summed E-state index contributed by atoms with van der Waals surface area (Å²) in [6, 6.07) is 0. The molecular formula is C12H23N3O2S. The molecule has 0 heterocycles. The number of nitrogens with one attached hydrogen (secondary N) is 2. The first-order chi connectivity index (χ1) is 8.44. The van der Waals surface area contributed by atoms with Crippen molar-refractivity contribution in [3.8, 4) is 0 Å². The van der Waals surface area contributed by atoms with Crippen LogP contribution in [0.2, 0.25) is 0 Å². The van der Waals surface area contributed by atoms with Crippen LogP contribution >= 0.6 is 0 Å². The third-order valence-corrected chi connectivity index (χ3v) is 5.59. The molecule has 2 saturated carbocycles. The number of hydrogen-bond acceptors (Lipinski definition) is 3. The maximum absolute atomic E-state index is 12.1. The van der Waals surface area contributed by atoms with Gasteiger partial charge < -0.3 is 5.73 Å². The van der Waals surface area contributed by atoms with Gasteiger partial charge in [-0.2, -0.15) is 0 Å². The molecule has 5 nitrogen and oxygen atoms in total. The van der Waals surface area contributed by atoms with Crippen molar-refractivity contribution in [1.29, 1.82) is 5.41 Å². The molecule has 2 rings (SSSR count). The summed E-state index contributed by atoms with van der Waals surface area (Å²) in [5, 5.41) is 7.76. The van der Waals surface area contributed by atoms with Gasteiger partial charge in [-0.15, -0.1) is 0 Å². The van der Waals surface area contributed by atoms with Gasteiger partial charge in [-0.05, 0) is 31.6 Å². The topological polar surface area (TPSA) is 96.0 Å². The summed E-state index contributed by atoms with van der Waals surface area (Å²) >= 11 is 0. The Morgan fingerprint density at radius 2 is 1.78 bits per heavy atom. The zero-order chi connectivity index (χ0) is 13.2. The van der Waals surface area contributed by atoms with Gasteiger partial charge in [0.1, 0.15) is 5.84 Å². The van der Waals surface area contributed by atoms with Crippen molar-refractivity contribution in [2.45, 2.75) is 56.9 Å². The van der Waals surface area contributed by atoms with E-state index in [0.717, 1.165) is 38.5 Å². The summed E-state index contributed by atoms with van der Waals surface area (Å²) in [5.74, 6) is 0.489. The summed E-state index contributed by atoms with van der Waals surface area (Å²) in [6.45, 7) is 0. The molecule has 0 bridgehead atoms. The number of sulfonamides is 1. The molecule has 2 aliphatic carbocycles. The second-order valence-corrected chi connectivity index (χ2v) is 7.50. The molecule has 0 radical (unpaired) electrons. The molecule has 6 heteroatoms. The van der Waals surface area contributed by atoms with E-state index in [1.165, 1.54) is 0 Å². The minimum absolute atomic E-state index is 0.0243. The van der Waals surface area contributed by atoms with Gasteiger partial charge >= 0.3 is 0 Å². The van der Waals surface area contributed by atoms with Crippen molar-refractivity contribution in [2.75, 3.05) is 5.75 Å². The Bertz CT molecular complexity index is 407. The van der Waals surface area contributed by atoms with E-state index in [9.17, 15) is 8.42 Å².